The highest BCUT2D eigenvalue weighted by Gasteiger charge is 2.40. The van der Waals surface area contributed by atoms with Crippen molar-refractivity contribution in [3.8, 4) is 0 Å². The fourth-order valence-corrected chi connectivity index (χ4v) is 2.96. The second-order valence-corrected chi connectivity index (χ2v) is 5.66. The predicted octanol–water partition coefficient (Wildman–Crippen LogP) is 3.61. The summed E-state index contributed by atoms with van der Waals surface area (Å²) >= 11 is 6.12. The highest BCUT2D eigenvalue weighted by molar-refractivity contribution is 6.31. The summed E-state index contributed by atoms with van der Waals surface area (Å²) < 4.78 is 0. The predicted molar refractivity (Wildman–Crippen MR) is 75.3 cm³/mol. The van der Waals surface area contributed by atoms with Gasteiger partial charge in [0.1, 0.15) is 0 Å². The summed E-state index contributed by atoms with van der Waals surface area (Å²) in [6.45, 7) is 5.82. The van der Waals surface area contributed by atoms with Gasteiger partial charge < -0.3 is 5.32 Å². The first-order valence-electron chi connectivity index (χ1n) is 6.61. The monoisotopic (exact) mass is 265 g/mol. The van der Waals surface area contributed by atoms with Crippen LogP contribution < -0.4 is 5.32 Å². The van der Waals surface area contributed by atoms with E-state index < -0.39 is 0 Å². The van der Waals surface area contributed by atoms with Crippen molar-refractivity contribution in [3.05, 3.63) is 34.3 Å². The maximum absolute atomic E-state index is 12.7. The van der Waals surface area contributed by atoms with E-state index >= 15 is 0 Å². The fourth-order valence-electron chi connectivity index (χ4n) is 2.78. The van der Waals surface area contributed by atoms with Crippen molar-refractivity contribution in [1.82, 2.24) is 5.32 Å². The van der Waals surface area contributed by atoms with Gasteiger partial charge in [0.05, 0.1) is 0 Å². The number of ketones is 1. The van der Waals surface area contributed by atoms with Gasteiger partial charge in [0.15, 0.2) is 5.78 Å². The second kappa shape index (κ2) is 5.41. The number of hydrogen-bond acceptors (Lipinski definition) is 2. The molecule has 1 aromatic rings. The van der Waals surface area contributed by atoms with Gasteiger partial charge in [-0.05, 0) is 37.9 Å². The molecule has 0 aromatic heterocycles. The van der Waals surface area contributed by atoms with E-state index in [0.717, 1.165) is 43.5 Å². The maximum Gasteiger partial charge on any atom is 0.170 e. The van der Waals surface area contributed by atoms with Gasteiger partial charge in [-0.1, -0.05) is 37.1 Å². The van der Waals surface area contributed by atoms with Crippen molar-refractivity contribution in [2.24, 2.45) is 5.41 Å². The number of nitrogens with one attached hydrogen (secondary N) is 1. The molecule has 1 fully saturated rings. The minimum atomic E-state index is -0.215. The summed E-state index contributed by atoms with van der Waals surface area (Å²) in [4.78, 5) is 12.7. The first kappa shape index (κ1) is 13.6. The third kappa shape index (κ3) is 2.45. The lowest BCUT2D eigenvalue weighted by Gasteiger charge is -2.26. The molecule has 98 valence electrons. The van der Waals surface area contributed by atoms with Gasteiger partial charge in [-0.15, -0.1) is 0 Å². The lowest BCUT2D eigenvalue weighted by molar-refractivity contribution is 0.0802. The number of hydrogen-bond donors (Lipinski definition) is 1. The zero-order valence-electron chi connectivity index (χ0n) is 11.1. The number of benzene rings is 1. The van der Waals surface area contributed by atoms with E-state index in [-0.39, 0.29) is 11.2 Å². The molecule has 2 nitrogen and oxygen atoms in total. The average Bonchev–Trinajstić information content (AvgIpc) is 2.82. The van der Waals surface area contributed by atoms with Crippen LogP contribution >= 0.6 is 11.6 Å². The zero-order valence-corrected chi connectivity index (χ0v) is 11.8. The Hall–Kier alpha value is -0.860. The highest BCUT2D eigenvalue weighted by Crippen LogP contribution is 2.35. The van der Waals surface area contributed by atoms with Gasteiger partial charge in [0.25, 0.3) is 0 Å². The van der Waals surface area contributed by atoms with Gasteiger partial charge in [-0.3, -0.25) is 4.79 Å². The summed E-state index contributed by atoms with van der Waals surface area (Å²) in [5.41, 5.74) is 1.55. The van der Waals surface area contributed by atoms with E-state index in [4.69, 9.17) is 11.6 Å². The number of carbonyl (C=O) groups excluding carboxylic acids is 1. The first-order chi connectivity index (χ1) is 8.59. The Labute approximate surface area is 114 Å². The molecule has 0 amide bonds. The van der Waals surface area contributed by atoms with Crippen molar-refractivity contribution in [1.29, 1.82) is 0 Å². The van der Waals surface area contributed by atoms with Crippen LogP contribution in [0.5, 0.6) is 0 Å². The number of Topliss-reactive ketones (excluding diaryl/α,β-unsaturated/α-hetero) is 1. The maximum atomic E-state index is 12.7. The minimum absolute atomic E-state index is 0.215. The molecule has 0 saturated carbocycles. The van der Waals surface area contributed by atoms with Gasteiger partial charge >= 0.3 is 0 Å². The standard InChI is InChI=1S/C15H20ClNO/c1-3-6-15(7-8-17-10-15)14(18)12-5-4-11(2)13(16)9-12/h4-5,9,17H,3,6-8,10H2,1-2H3/t15-/m0/s1. The number of rotatable bonds is 4. The zero-order chi connectivity index (χ0) is 13.2. The summed E-state index contributed by atoms with van der Waals surface area (Å²) in [6.07, 6.45) is 2.92. The Balaban J connectivity index is 2.30. The Morgan fingerprint density at radius 2 is 2.28 bits per heavy atom. The van der Waals surface area contributed by atoms with E-state index in [1.807, 2.05) is 25.1 Å². The second-order valence-electron chi connectivity index (χ2n) is 5.25. The minimum Gasteiger partial charge on any atom is -0.316 e. The van der Waals surface area contributed by atoms with Crippen molar-refractivity contribution in [3.63, 3.8) is 0 Å². The molecule has 18 heavy (non-hydrogen) atoms. The smallest absolute Gasteiger partial charge is 0.170 e. The molecule has 0 aliphatic carbocycles. The molecule has 1 N–H and O–H groups in total. The number of carbonyl (C=O) groups is 1. The molecule has 2 rings (SSSR count). The average molecular weight is 266 g/mol. The SMILES string of the molecule is CCC[C@]1(C(=O)c2ccc(C)c(Cl)c2)CCNC1. The molecule has 3 heteroatoms. The van der Waals surface area contributed by atoms with Crippen LogP contribution in [0.3, 0.4) is 0 Å². The van der Waals surface area contributed by atoms with Crippen LogP contribution in [0.4, 0.5) is 0 Å². The van der Waals surface area contributed by atoms with Crippen LogP contribution in [-0.2, 0) is 0 Å². The van der Waals surface area contributed by atoms with Gasteiger partial charge in [-0.2, -0.15) is 0 Å². The van der Waals surface area contributed by atoms with Crippen molar-refractivity contribution in [2.75, 3.05) is 13.1 Å². The highest BCUT2D eigenvalue weighted by atomic mass is 35.5. The molecule has 1 atom stereocenters. The molecule has 0 radical (unpaired) electrons. The van der Waals surface area contributed by atoms with Crippen LogP contribution in [0.2, 0.25) is 5.02 Å². The van der Waals surface area contributed by atoms with Crippen LogP contribution in [0.25, 0.3) is 0 Å². The Morgan fingerprint density at radius 1 is 1.50 bits per heavy atom. The van der Waals surface area contributed by atoms with Gasteiger partial charge in [0, 0.05) is 22.5 Å². The van der Waals surface area contributed by atoms with E-state index in [0.29, 0.717) is 5.02 Å². The molecule has 0 spiro atoms. The third-order valence-electron chi connectivity index (χ3n) is 3.89. The molecule has 1 aliphatic heterocycles. The Morgan fingerprint density at radius 3 is 2.83 bits per heavy atom. The number of halogens is 1. The first-order valence-corrected chi connectivity index (χ1v) is 6.98. The van der Waals surface area contributed by atoms with Crippen LogP contribution in [0.1, 0.15) is 42.1 Å². The molecule has 0 unspecified atom stereocenters. The van der Waals surface area contributed by atoms with E-state index in [1.54, 1.807) is 0 Å². The summed E-state index contributed by atoms with van der Waals surface area (Å²) in [5, 5.41) is 4.00. The number of aryl methyl sites for hydroxylation is 1. The molecule has 0 bridgehead atoms. The molecular formula is C15H20ClNO. The fraction of sp³-hybridized carbons (Fsp3) is 0.533. The summed E-state index contributed by atoms with van der Waals surface area (Å²) in [5.74, 6) is 0.247. The normalized spacial score (nSPS) is 23.3. The van der Waals surface area contributed by atoms with Gasteiger partial charge in [0.2, 0.25) is 0 Å². The summed E-state index contributed by atoms with van der Waals surface area (Å²) in [6, 6.07) is 5.64. The molecule has 1 aliphatic rings. The van der Waals surface area contributed by atoms with E-state index in [9.17, 15) is 4.79 Å². The molecule has 1 saturated heterocycles. The van der Waals surface area contributed by atoms with E-state index in [2.05, 4.69) is 12.2 Å². The molecular weight excluding hydrogens is 246 g/mol. The summed E-state index contributed by atoms with van der Waals surface area (Å²) in [7, 11) is 0. The lowest BCUT2D eigenvalue weighted by Crippen LogP contribution is -2.33. The topological polar surface area (TPSA) is 29.1 Å². The van der Waals surface area contributed by atoms with Crippen LogP contribution in [0, 0.1) is 12.3 Å². The third-order valence-corrected chi connectivity index (χ3v) is 4.30. The van der Waals surface area contributed by atoms with E-state index in [1.165, 1.54) is 0 Å². The Kier molecular flexibility index (Phi) is 4.08. The quantitative estimate of drug-likeness (QED) is 0.843. The molecule has 1 aromatic carbocycles. The van der Waals surface area contributed by atoms with Crippen molar-refractivity contribution < 1.29 is 4.79 Å². The van der Waals surface area contributed by atoms with Gasteiger partial charge in [-0.25, -0.2) is 0 Å². The lowest BCUT2D eigenvalue weighted by atomic mass is 9.76. The molecule has 1 heterocycles. The Bertz CT molecular complexity index is 450. The van der Waals surface area contributed by atoms with Crippen molar-refractivity contribution >= 4 is 17.4 Å². The largest absolute Gasteiger partial charge is 0.316 e. The van der Waals surface area contributed by atoms with Crippen LogP contribution in [-0.4, -0.2) is 18.9 Å². The van der Waals surface area contributed by atoms with Crippen LogP contribution in [0.15, 0.2) is 18.2 Å². The van der Waals surface area contributed by atoms with Crippen molar-refractivity contribution in [2.45, 2.75) is 33.1 Å².